The molecule has 3 nitrogen and oxygen atoms in total. The molecule has 0 atom stereocenters. The van der Waals surface area contributed by atoms with Gasteiger partial charge in [-0.15, -0.1) is 11.6 Å². The monoisotopic (exact) mass is 227 g/mol. The van der Waals surface area contributed by atoms with Crippen LogP contribution in [-0.2, 0) is 6.54 Å². The second-order valence-electron chi connectivity index (χ2n) is 3.64. The number of hydrogen-bond donors (Lipinski definition) is 1. The largest absolute Gasteiger partial charge is 0.508 e. The fourth-order valence-corrected chi connectivity index (χ4v) is 1.46. The first kappa shape index (κ1) is 12.0. The van der Waals surface area contributed by atoms with E-state index in [4.69, 9.17) is 11.6 Å². The molecule has 0 aromatic heterocycles. The lowest BCUT2D eigenvalue weighted by Crippen LogP contribution is -2.11. The number of ketones is 1. The van der Waals surface area contributed by atoms with Gasteiger partial charge in [0.15, 0.2) is 5.78 Å². The van der Waals surface area contributed by atoms with E-state index in [2.05, 4.69) is 0 Å². The quantitative estimate of drug-likeness (QED) is 0.631. The molecule has 0 unspecified atom stereocenters. The minimum atomic E-state index is -0.128. The van der Waals surface area contributed by atoms with Gasteiger partial charge in [-0.05, 0) is 32.3 Å². The van der Waals surface area contributed by atoms with Crippen molar-refractivity contribution in [3.8, 4) is 5.75 Å². The van der Waals surface area contributed by atoms with Crippen LogP contribution in [0.15, 0.2) is 18.2 Å². The molecule has 1 aromatic rings. The van der Waals surface area contributed by atoms with E-state index in [0.29, 0.717) is 12.1 Å². The number of halogens is 1. The molecule has 0 heterocycles. The lowest BCUT2D eigenvalue weighted by molar-refractivity contribution is 0.102. The molecule has 15 heavy (non-hydrogen) atoms. The molecule has 0 saturated carbocycles. The van der Waals surface area contributed by atoms with Crippen molar-refractivity contribution in [2.45, 2.75) is 6.54 Å². The van der Waals surface area contributed by atoms with Gasteiger partial charge in [-0.3, -0.25) is 4.79 Å². The number of hydrogen-bond acceptors (Lipinski definition) is 3. The summed E-state index contributed by atoms with van der Waals surface area (Å²) in [5.41, 5.74) is 1.27. The third kappa shape index (κ3) is 3.22. The molecule has 0 spiro atoms. The van der Waals surface area contributed by atoms with Crippen LogP contribution in [0.3, 0.4) is 0 Å². The Morgan fingerprint density at radius 2 is 2.13 bits per heavy atom. The normalized spacial score (nSPS) is 10.7. The van der Waals surface area contributed by atoms with Crippen LogP contribution in [-0.4, -0.2) is 35.8 Å². The maximum Gasteiger partial charge on any atom is 0.177 e. The van der Waals surface area contributed by atoms with Gasteiger partial charge < -0.3 is 10.0 Å². The first-order chi connectivity index (χ1) is 7.04. The van der Waals surface area contributed by atoms with Gasteiger partial charge >= 0.3 is 0 Å². The van der Waals surface area contributed by atoms with E-state index in [-0.39, 0.29) is 17.4 Å². The van der Waals surface area contributed by atoms with E-state index in [1.807, 2.05) is 19.0 Å². The molecule has 0 aliphatic rings. The van der Waals surface area contributed by atoms with Crippen molar-refractivity contribution in [3.05, 3.63) is 29.3 Å². The SMILES string of the molecule is CN(C)Cc1cc(C(=O)CCl)ccc1O. The van der Waals surface area contributed by atoms with Gasteiger partial charge in [-0.1, -0.05) is 0 Å². The van der Waals surface area contributed by atoms with Crippen LogP contribution < -0.4 is 0 Å². The molecule has 0 radical (unpaired) electrons. The van der Waals surface area contributed by atoms with Crippen LogP contribution in [0.2, 0.25) is 0 Å². The van der Waals surface area contributed by atoms with Gasteiger partial charge in [0, 0.05) is 17.7 Å². The summed E-state index contributed by atoms with van der Waals surface area (Å²) in [7, 11) is 3.80. The minimum absolute atomic E-state index is 0.0355. The lowest BCUT2D eigenvalue weighted by atomic mass is 10.1. The Hall–Kier alpha value is -1.06. The summed E-state index contributed by atoms with van der Waals surface area (Å²) in [6.45, 7) is 0.592. The van der Waals surface area contributed by atoms with Gasteiger partial charge in [0.1, 0.15) is 5.75 Å². The van der Waals surface area contributed by atoms with Crippen molar-refractivity contribution in [2.75, 3.05) is 20.0 Å². The summed E-state index contributed by atoms with van der Waals surface area (Å²) in [5, 5.41) is 9.57. The van der Waals surface area contributed by atoms with Crippen molar-refractivity contribution in [3.63, 3.8) is 0 Å². The number of nitrogens with zero attached hydrogens (tertiary/aromatic N) is 1. The maximum absolute atomic E-state index is 11.3. The van der Waals surface area contributed by atoms with Gasteiger partial charge in [0.05, 0.1) is 5.88 Å². The number of rotatable bonds is 4. The molecule has 0 aliphatic carbocycles. The Labute approximate surface area is 94.3 Å². The third-order valence-corrected chi connectivity index (χ3v) is 2.25. The van der Waals surface area contributed by atoms with Crippen molar-refractivity contribution < 1.29 is 9.90 Å². The third-order valence-electron chi connectivity index (χ3n) is 2.01. The Bertz CT molecular complexity index is 364. The molecule has 1 N–H and O–H groups in total. The summed E-state index contributed by atoms with van der Waals surface area (Å²) < 4.78 is 0. The highest BCUT2D eigenvalue weighted by Crippen LogP contribution is 2.20. The molecule has 0 saturated heterocycles. The summed E-state index contributed by atoms with van der Waals surface area (Å²) in [6, 6.07) is 4.79. The highest BCUT2D eigenvalue weighted by atomic mass is 35.5. The van der Waals surface area contributed by atoms with Crippen LogP contribution in [0.25, 0.3) is 0 Å². The number of phenolic OH excluding ortho intramolecular Hbond substituents is 1. The zero-order chi connectivity index (χ0) is 11.4. The maximum atomic E-state index is 11.3. The Morgan fingerprint density at radius 1 is 1.47 bits per heavy atom. The average Bonchev–Trinajstić information content (AvgIpc) is 2.19. The topological polar surface area (TPSA) is 40.5 Å². The Kier molecular flexibility index (Phi) is 4.12. The van der Waals surface area contributed by atoms with E-state index in [0.717, 1.165) is 5.56 Å². The zero-order valence-corrected chi connectivity index (χ0v) is 9.58. The van der Waals surface area contributed by atoms with Crippen molar-refractivity contribution in [1.82, 2.24) is 4.90 Å². The predicted octanol–water partition coefficient (Wildman–Crippen LogP) is 1.88. The van der Waals surface area contributed by atoms with Crippen LogP contribution >= 0.6 is 11.6 Å². The summed E-state index contributed by atoms with van der Waals surface area (Å²) in [5.74, 6) is 0.0399. The van der Waals surface area contributed by atoms with E-state index < -0.39 is 0 Å². The molecule has 1 aromatic carbocycles. The van der Waals surface area contributed by atoms with Crippen LogP contribution in [0, 0.1) is 0 Å². The standard InChI is InChI=1S/C11H14ClNO2/c1-13(2)7-9-5-8(11(15)6-12)3-4-10(9)14/h3-5,14H,6-7H2,1-2H3. The highest BCUT2D eigenvalue weighted by Gasteiger charge is 2.08. The molecule has 0 amide bonds. The van der Waals surface area contributed by atoms with Gasteiger partial charge in [-0.2, -0.15) is 0 Å². The number of Topliss-reactive ketones (excluding diaryl/α,β-unsaturated/α-hetero) is 1. The highest BCUT2D eigenvalue weighted by molar-refractivity contribution is 6.30. The average molecular weight is 228 g/mol. The molecule has 0 bridgehead atoms. The van der Waals surface area contributed by atoms with E-state index in [1.165, 1.54) is 6.07 Å². The van der Waals surface area contributed by atoms with Crippen LogP contribution in [0.5, 0.6) is 5.75 Å². The molecule has 4 heteroatoms. The number of benzene rings is 1. The van der Waals surface area contributed by atoms with Gasteiger partial charge in [-0.25, -0.2) is 0 Å². The summed E-state index contributed by atoms with van der Waals surface area (Å²) in [6.07, 6.45) is 0. The first-order valence-electron chi connectivity index (χ1n) is 4.60. The van der Waals surface area contributed by atoms with Crippen LogP contribution in [0.4, 0.5) is 0 Å². The minimum Gasteiger partial charge on any atom is -0.508 e. The Balaban J connectivity index is 2.99. The molecule has 82 valence electrons. The number of carbonyl (C=O) groups is 1. The second-order valence-corrected chi connectivity index (χ2v) is 3.91. The summed E-state index contributed by atoms with van der Waals surface area (Å²) in [4.78, 5) is 13.3. The fourth-order valence-electron chi connectivity index (χ4n) is 1.30. The van der Waals surface area contributed by atoms with Crippen molar-refractivity contribution >= 4 is 17.4 Å². The molecular formula is C11H14ClNO2. The van der Waals surface area contributed by atoms with Crippen LogP contribution in [0.1, 0.15) is 15.9 Å². The summed E-state index contributed by atoms with van der Waals surface area (Å²) >= 11 is 5.46. The fraction of sp³-hybridized carbons (Fsp3) is 0.364. The van der Waals surface area contributed by atoms with E-state index >= 15 is 0 Å². The van der Waals surface area contributed by atoms with E-state index in [1.54, 1.807) is 12.1 Å². The van der Waals surface area contributed by atoms with Crippen molar-refractivity contribution in [2.24, 2.45) is 0 Å². The molecule has 1 rings (SSSR count). The van der Waals surface area contributed by atoms with E-state index in [9.17, 15) is 9.90 Å². The molecular weight excluding hydrogens is 214 g/mol. The zero-order valence-electron chi connectivity index (χ0n) is 8.83. The molecule has 0 fully saturated rings. The number of aromatic hydroxyl groups is 1. The van der Waals surface area contributed by atoms with Gasteiger partial charge in [0.2, 0.25) is 0 Å². The Morgan fingerprint density at radius 3 is 2.67 bits per heavy atom. The van der Waals surface area contributed by atoms with Gasteiger partial charge in [0.25, 0.3) is 0 Å². The smallest absolute Gasteiger partial charge is 0.177 e. The molecule has 0 aliphatic heterocycles. The lowest BCUT2D eigenvalue weighted by Gasteiger charge is -2.12. The number of alkyl halides is 1. The first-order valence-corrected chi connectivity index (χ1v) is 5.14. The predicted molar refractivity (Wildman–Crippen MR) is 60.5 cm³/mol. The van der Waals surface area contributed by atoms with Crippen molar-refractivity contribution in [1.29, 1.82) is 0 Å². The second kappa shape index (κ2) is 5.14. The number of carbonyl (C=O) groups excluding carboxylic acids is 1. The number of phenols is 1.